The van der Waals surface area contributed by atoms with Crippen LogP contribution in [0.1, 0.15) is 21.7 Å². The summed E-state index contributed by atoms with van der Waals surface area (Å²) < 4.78 is 21.7. The van der Waals surface area contributed by atoms with Crippen molar-refractivity contribution in [3.63, 3.8) is 0 Å². The maximum atomic E-state index is 14.8. The second kappa shape index (κ2) is 10.8. The zero-order valence-corrected chi connectivity index (χ0v) is 20.5. The van der Waals surface area contributed by atoms with Crippen molar-refractivity contribution in [1.82, 2.24) is 20.1 Å². The van der Waals surface area contributed by atoms with E-state index in [9.17, 15) is 9.18 Å². The van der Waals surface area contributed by atoms with Gasteiger partial charge < -0.3 is 9.73 Å². The van der Waals surface area contributed by atoms with Crippen molar-refractivity contribution in [2.75, 3.05) is 0 Å². The molecule has 6 nitrogen and oxygen atoms in total. The van der Waals surface area contributed by atoms with Gasteiger partial charge in [-0.2, -0.15) is 0 Å². The summed E-state index contributed by atoms with van der Waals surface area (Å²) in [5, 5.41) is 12.5. The molecule has 0 atom stereocenters. The molecule has 1 amide bonds. The number of hydrogen-bond donors (Lipinski definition) is 1. The van der Waals surface area contributed by atoms with Gasteiger partial charge >= 0.3 is 0 Å². The number of para-hydroxylation sites is 1. The summed E-state index contributed by atoms with van der Waals surface area (Å²) in [5.74, 6) is 1.11. The molecule has 2 aromatic heterocycles. The first-order chi connectivity index (χ1) is 17.6. The molecule has 0 aliphatic rings. The number of aromatic nitrogens is 3. The number of furan rings is 1. The summed E-state index contributed by atoms with van der Waals surface area (Å²) in [6, 6.07) is 24.6. The van der Waals surface area contributed by atoms with Crippen molar-refractivity contribution < 1.29 is 13.6 Å². The van der Waals surface area contributed by atoms with E-state index in [-0.39, 0.29) is 5.91 Å². The molecule has 0 aliphatic carbocycles. The Balaban J connectivity index is 1.35. The largest absolute Gasteiger partial charge is 0.467 e. The van der Waals surface area contributed by atoms with Crippen LogP contribution >= 0.6 is 23.4 Å². The third-order valence-electron chi connectivity index (χ3n) is 5.43. The molecule has 0 unspecified atom stereocenters. The van der Waals surface area contributed by atoms with Crippen molar-refractivity contribution in [2.24, 2.45) is 0 Å². The molecular formula is C27H20ClFN4O2S. The molecule has 0 spiro atoms. The van der Waals surface area contributed by atoms with Crippen LogP contribution in [0.25, 0.3) is 17.1 Å². The highest BCUT2D eigenvalue weighted by molar-refractivity contribution is 7.98. The average molecular weight is 519 g/mol. The normalized spacial score (nSPS) is 10.9. The molecule has 5 aromatic rings. The lowest BCUT2D eigenvalue weighted by Gasteiger charge is -2.12. The summed E-state index contributed by atoms with van der Waals surface area (Å²) in [6.07, 6.45) is 1.57. The SMILES string of the molecule is O=C(NCc1ccco1)c1ccc(CSc2nnc(-c3ccccc3Cl)n2-c2ccccc2F)cc1. The predicted octanol–water partition coefficient (Wildman–Crippen LogP) is 6.54. The molecule has 0 saturated carbocycles. The zero-order chi connectivity index (χ0) is 24.9. The van der Waals surface area contributed by atoms with Crippen molar-refractivity contribution in [3.05, 3.63) is 119 Å². The molecule has 0 aliphatic heterocycles. The Morgan fingerprint density at radius 1 is 0.972 bits per heavy atom. The van der Waals surface area contributed by atoms with Crippen LogP contribution < -0.4 is 5.32 Å². The van der Waals surface area contributed by atoms with Crippen molar-refractivity contribution in [2.45, 2.75) is 17.5 Å². The van der Waals surface area contributed by atoms with Crippen LogP contribution in [-0.2, 0) is 12.3 Å². The number of amides is 1. The van der Waals surface area contributed by atoms with E-state index in [1.54, 1.807) is 59.4 Å². The van der Waals surface area contributed by atoms with E-state index in [1.165, 1.54) is 17.8 Å². The highest BCUT2D eigenvalue weighted by Gasteiger charge is 2.20. The average Bonchev–Trinajstić information content (AvgIpc) is 3.57. The number of nitrogens with zero attached hydrogens (tertiary/aromatic N) is 3. The quantitative estimate of drug-likeness (QED) is 0.236. The number of halogens is 2. The van der Waals surface area contributed by atoms with E-state index >= 15 is 0 Å². The van der Waals surface area contributed by atoms with Crippen LogP contribution in [-0.4, -0.2) is 20.7 Å². The standard InChI is InChI=1S/C27H20ClFN4O2S/c28-22-8-2-1-7-21(22)25-31-32-27(33(25)24-10-4-3-9-23(24)29)36-17-18-11-13-19(14-12-18)26(34)30-16-20-6-5-15-35-20/h1-15H,16-17H2,(H,30,34). The van der Waals surface area contributed by atoms with E-state index in [2.05, 4.69) is 15.5 Å². The van der Waals surface area contributed by atoms with Gasteiger partial charge in [0.25, 0.3) is 5.91 Å². The topological polar surface area (TPSA) is 73.0 Å². The van der Waals surface area contributed by atoms with Gasteiger partial charge in [0, 0.05) is 16.9 Å². The Morgan fingerprint density at radius 2 is 1.75 bits per heavy atom. The van der Waals surface area contributed by atoms with Crippen molar-refractivity contribution in [1.29, 1.82) is 0 Å². The van der Waals surface area contributed by atoms with E-state index in [0.717, 1.165) is 5.56 Å². The predicted molar refractivity (Wildman–Crippen MR) is 138 cm³/mol. The Hall–Kier alpha value is -3.88. The van der Waals surface area contributed by atoms with Crippen LogP contribution in [0.15, 0.2) is 101 Å². The van der Waals surface area contributed by atoms with Crippen LogP contribution in [0.2, 0.25) is 5.02 Å². The molecule has 5 rings (SSSR count). The molecule has 1 N–H and O–H groups in total. The maximum Gasteiger partial charge on any atom is 0.251 e. The van der Waals surface area contributed by atoms with Crippen LogP contribution in [0.3, 0.4) is 0 Å². The number of carbonyl (C=O) groups is 1. The summed E-state index contributed by atoms with van der Waals surface area (Å²) in [6.45, 7) is 0.322. The highest BCUT2D eigenvalue weighted by Crippen LogP contribution is 2.33. The van der Waals surface area contributed by atoms with Crippen molar-refractivity contribution in [3.8, 4) is 17.1 Å². The second-order valence-corrected chi connectivity index (χ2v) is 9.17. The number of nitrogens with one attached hydrogen (secondary N) is 1. The van der Waals surface area contributed by atoms with E-state index in [1.807, 2.05) is 30.3 Å². The lowest BCUT2D eigenvalue weighted by atomic mass is 10.1. The van der Waals surface area contributed by atoms with E-state index in [0.29, 0.717) is 50.9 Å². The van der Waals surface area contributed by atoms with E-state index < -0.39 is 5.82 Å². The van der Waals surface area contributed by atoms with Gasteiger partial charge in [0.15, 0.2) is 11.0 Å². The van der Waals surface area contributed by atoms with Gasteiger partial charge in [-0.05, 0) is 54.1 Å². The molecule has 3 aromatic carbocycles. The Morgan fingerprint density at radius 3 is 2.50 bits per heavy atom. The molecule has 0 saturated heterocycles. The van der Waals surface area contributed by atoms with Gasteiger partial charge in [-0.3, -0.25) is 9.36 Å². The van der Waals surface area contributed by atoms with Gasteiger partial charge in [-0.25, -0.2) is 4.39 Å². The Bertz CT molecular complexity index is 1490. The minimum Gasteiger partial charge on any atom is -0.467 e. The summed E-state index contributed by atoms with van der Waals surface area (Å²) in [7, 11) is 0. The first-order valence-electron chi connectivity index (χ1n) is 11.1. The first-order valence-corrected chi connectivity index (χ1v) is 12.4. The summed E-state index contributed by atoms with van der Waals surface area (Å²) in [5.41, 5.74) is 2.52. The number of hydrogen-bond acceptors (Lipinski definition) is 5. The smallest absolute Gasteiger partial charge is 0.251 e. The molecule has 9 heteroatoms. The minimum absolute atomic E-state index is 0.186. The molecule has 2 heterocycles. The Labute approximate surface area is 216 Å². The van der Waals surface area contributed by atoms with Gasteiger partial charge in [0.2, 0.25) is 0 Å². The van der Waals surface area contributed by atoms with Crippen LogP contribution in [0, 0.1) is 5.82 Å². The fourth-order valence-electron chi connectivity index (χ4n) is 3.61. The second-order valence-electron chi connectivity index (χ2n) is 7.82. The molecule has 0 fully saturated rings. The maximum absolute atomic E-state index is 14.8. The fraction of sp³-hybridized carbons (Fsp3) is 0.0741. The third-order valence-corrected chi connectivity index (χ3v) is 6.76. The highest BCUT2D eigenvalue weighted by atomic mass is 35.5. The Kier molecular flexibility index (Phi) is 7.16. The van der Waals surface area contributed by atoms with Gasteiger partial charge in [0.1, 0.15) is 11.6 Å². The van der Waals surface area contributed by atoms with Crippen LogP contribution in [0.4, 0.5) is 4.39 Å². The summed E-state index contributed by atoms with van der Waals surface area (Å²) >= 11 is 7.83. The zero-order valence-electron chi connectivity index (χ0n) is 18.9. The van der Waals surface area contributed by atoms with Gasteiger partial charge in [-0.1, -0.05) is 59.8 Å². The molecule has 0 radical (unpaired) electrons. The third kappa shape index (κ3) is 5.19. The van der Waals surface area contributed by atoms with Gasteiger partial charge in [0.05, 0.1) is 23.5 Å². The van der Waals surface area contributed by atoms with Gasteiger partial charge in [-0.15, -0.1) is 10.2 Å². The fourth-order valence-corrected chi connectivity index (χ4v) is 4.73. The van der Waals surface area contributed by atoms with E-state index in [4.69, 9.17) is 16.0 Å². The number of benzene rings is 3. The number of rotatable bonds is 8. The lowest BCUT2D eigenvalue weighted by molar-refractivity contribution is 0.0948. The number of carbonyl (C=O) groups excluding carboxylic acids is 1. The first kappa shape index (κ1) is 23.8. The molecule has 36 heavy (non-hydrogen) atoms. The monoisotopic (exact) mass is 518 g/mol. The summed E-state index contributed by atoms with van der Waals surface area (Å²) in [4.78, 5) is 12.4. The minimum atomic E-state index is -0.391. The molecule has 180 valence electrons. The van der Waals surface area contributed by atoms with Crippen molar-refractivity contribution >= 4 is 29.3 Å². The lowest BCUT2D eigenvalue weighted by Crippen LogP contribution is -2.22. The number of thioether (sulfide) groups is 1. The molecule has 0 bridgehead atoms. The van der Waals surface area contributed by atoms with Crippen LogP contribution in [0.5, 0.6) is 0 Å². The molecular weight excluding hydrogens is 499 g/mol.